The van der Waals surface area contributed by atoms with Gasteiger partial charge >= 0.3 is 0 Å². The third kappa shape index (κ3) is 1.83. The zero-order chi connectivity index (χ0) is 10.8. The molecule has 1 aliphatic carbocycles. The lowest BCUT2D eigenvalue weighted by atomic mass is 9.96. The molecule has 1 aromatic rings. The van der Waals surface area contributed by atoms with E-state index >= 15 is 0 Å². The second-order valence-electron chi connectivity index (χ2n) is 3.97. The molecule has 0 unspecified atom stereocenters. The van der Waals surface area contributed by atoms with Gasteiger partial charge in [0.05, 0.1) is 7.11 Å². The predicted octanol–water partition coefficient (Wildman–Crippen LogP) is 3.63. The first-order valence-corrected chi connectivity index (χ1v) is 5.26. The van der Waals surface area contributed by atoms with E-state index in [9.17, 15) is 8.78 Å². The third-order valence-electron chi connectivity index (χ3n) is 3.08. The summed E-state index contributed by atoms with van der Waals surface area (Å²) in [5.74, 6) is -1.28. The molecule has 1 aromatic carbocycles. The number of benzene rings is 1. The molecule has 0 spiro atoms. The van der Waals surface area contributed by atoms with Gasteiger partial charge in [0, 0.05) is 5.56 Å². The molecule has 1 nitrogen and oxygen atoms in total. The maximum Gasteiger partial charge on any atom is 0.200 e. The van der Waals surface area contributed by atoms with Crippen LogP contribution in [0.25, 0.3) is 0 Å². The highest BCUT2D eigenvalue weighted by molar-refractivity contribution is 5.38. The lowest BCUT2D eigenvalue weighted by Gasteiger charge is -2.14. The Hall–Kier alpha value is -1.12. The fraction of sp³-hybridized carbons (Fsp3) is 0.500. The average molecular weight is 212 g/mol. The van der Waals surface area contributed by atoms with Gasteiger partial charge in [-0.3, -0.25) is 0 Å². The van der Waals surface area contributed by atoms with Crippen LogP contribution < -0.4 is 4.74 Å². The van der Waals surface area contributed by atoms with Gasteiger partial charge in [0.25, 0.3) is 0 Å². The SMILES string of the molecule is COc1c(C2CCCC2)ccc(F)c1F. The van der Waals surface area contributed by atoms with Crippen molar-refractivity contribution in [3.05, 3.63) is 29.3 Å². The van der Waals surface area contributed by atoms with Crippen molar-refractivity contribution in [1.29, 1.82) is 0 Å². The normalized spacial score (nSPS) is 17.0. The van der Waals surface area contributed by atoms with Gasteiger partial charge in [-0.15, -0.1) is 0 Å². The summed E-state index contributed by atoms with van der Waals surface area (Å²) >= 11 is 0. The van der Waals surface area contributed by atoms with Crippen molar-refractivity contribution in [2.45, 2.75) is 31.6 Å². The molecule has 1 aliphatic rings. The van der Waals surface area contributed by atoms with Crippen molar-refractivity contribution < 1.29 is 13.5 Å². The molecule has 15 heavy (non-hydrogen) atoms. The Morgan fingerprint density at radius 1 is 1.20 bits per heavy atom. The molecule has 0 N–H and O–H groups in total. The van der Waals surface area contributed by atoms with E-state index in [1.807, 2.05) is 0 Å². The van der Waals surface area contributed by atoms with Gasteiger partial charge in [0.2, 0.25) is 5.82 Å². The Labute approximate surface area is 88.1 Å². The van der Waals surface area contributed by atoms with Crippen molar-refractivity contribution in [2.24, 2.45) is 0 Å². The largest absolute Gasteiger partial charge is 0.493 e. The average Bonchev–Trinajstić information content (AvgIpc) is 2.75. The van der Waals surface area contributed by atoms with Crippen LogP contribution in [-0.4, -0.2) is 7.11 Å². The molecule has 0 radical (unpaired) electrons. The molecule has 82 valence electrons. The second-order valence-corrected chi connectivity index (χ2v) is 3.97. The van der Waals surface area contributed by atoms with E-state index in [1.165, 1.54) is 13.2 Å². The van der Waals surface area contributed by atoms with E-state index in [1.54, 1.807) is 6.07 Å². The summed E-state index contributed by atoms with van der Waals surface area (Å²) in [6, 6.07) is 2.83. The quantitative estimate of drug-likeness (QED) is 0.727. The molecule has 0 atom stereocenters. The van der Waals surface area contributed by atoms with Gasteiger partial charge in [0.15, 0.2) is 11.6 Å². The number of methoxy groups -OCH3 is 1. The topological polar surface area (TPSA) is 9.23 Å². The van der Waals surface area contributed by atoms with Gasteiger partial charge in [0.1, 0.15) is 0 Å². The Morgan fingerprint density at radius 3 is 2.47 bits per heavy atom. The van der Waals surface area contributed by atoms with Crippen LogP contribution in [0.5, 0.6) is 5.75 Å². The molecular formula is C12H14F2O. The molecule has 0 bridgehead atoms. The van der Waals surface area contributed by atoms with E-state index in [4.69, 9.17) is 4.74 Å². The lowest BCUT2D eigenvalue weighted by Crippen LogP contribution is -2.01. The van der Waals surface area contributed by atoms with Crippen LogP contribution in [0.2, 0.25) is 0 Å². The molecule has 0 aromatic heterocycles. The molecule has 2 rings (SSSR count). The van der Waals surface area contributed by atoms with Crippen molar-refractivity contribution >= 4 is 0 Å². The second kappa shape index (κ2) is 4.17. The summed E-state index contributed by atoms with van der Waals surface area (Å²) < 4.78 is 31.3. The maximum atomic E-state index is 13.4. The number of hydrogen-bond donors (Lipinski definition) is 0. The molecule has 0 amide bonds. The van der Waals surface area contributed by atoms with E-state index in [2.05, 4.69) is 0 Å². The van der Waals surface area contributed by atoms with Crippen LogP contribution in [0, 0.1) is 11.6 Å². The van der Waals surface area contributed by atoms with E-state index in [-0.39, 0.29) is 5.75 Å². The van der Waals surface area contributed by atoms with Crippen LogP contribution >= 0.6 is 0 Å². The summed E-state index contributed by atoms with van der Waals surface area (Å²) in [7, 11) is 1.39. The van der Waals surface area contributed by atoms with E-state index in [0.717, 1.165) is 31.2 Å². The highest BCUT2D eigenvalue weighted by Crippen LogP contribution is 2.40. The number of ether oxygens (including phenoxy) is 1. The Balaban J connectivity index is 2.41. The Bertz CT molecular complexity index is 357. The summed E-state index contributed by atoms with van der Waals surface area (Å²) in [5, 5.41) is 0. The number of rotatable bonds is 2. The smallest absolute Gasteiger partial charge is 0.200 e. The molecule has 1 fully saturated rings. The van der Waals surface area contributed by atoms with Gasteiger partial charge in [-0.05, 0) is 24.8 Å². The first kappa shape index (κ1) is 10.4. The van der Waals surface area contributed by atoms with Crippen molar-refractivity contribution in [3.63, 3.8) is 0 Å². The minimum atomic E-state index is -0.859. The fourth-order valence-corrected chi connectivity index (χ4v) is 2.31. The predicted molar refractivity (Wildman–Crippen MR) is 54.1 cm³/mol. The molecular weight excluding hydrogens is 198 g/mol. The molecule has 1 saturated carbocycles. The first-order chi connectivity index (χ1) is 7.24. The van der Waals surface area contributed by atoms with Crippen LogP contribution in [0.15, 0.2) is 12.1 Å². The zero-order valence-corrected chi connectivity index (χ0v) is 8.72. The van der Waals surface area contributed by atoms with Gasteiger partial charge in [-0.25, -0.2) is 4.39 Å². The summed E-state index contributed by atoms with van der Waals surface area (Å²) in [4.78, 5) is 0. The van der Waals surface area contributed by atoms with Gasteiger partial charge in [-0.1, -0.05) is 18.9 Å². The maximum absolute atomic E-state index is 13.4. The minimum Gasteiger partial charge on any atom is -0.493 e. The van der Waals surface area contributed by atoms with Crippen LogP contribution in [-0.2, 0) is 0 Å². The summed E-state index contributed by atoms with van der Waals surface area (Å²) in [5.41, 5.74) is 0.814. The molecule has 0 heterocycles. The monoisotopic (exact) mass is 212 g/mol. The Morgan fingerprint density at radius 2 is 1.87 bits per heavy atom. The minimum absolute atomic E-state index is 0.0851. The van der Waals surface area contributed by atoms with E-state index in [0.29, 0.717) is 5.92 Å². The summed E-state index contributed by atoms with van der Waals surface area (Å²) in [6.07, 6.45) is 4.41. The number of hydrogen-bond acceptors (Lipinski definition) is 1. The standard InChI is InChI=1S/C12H14F2O/c1-15-12-9(8-4-2-3-5-8)6-7-10(13)11(12)14/h6-8H,2-5H2,1H3. The lowest BCUT2D eigenvalue weighted by molar-refractivity contribution is 0.363. The van der Waals surface area contributed by atoms with Crippen LogP contribution in [0.1, 0.15) is 37.2 Å². The number of halogens is 2. The highest BCUT2D eigenvalue weighted by Gasteiger charge is 2.23. The van der Waals surface area contributed by atoms with Gasteiger partial charge in [-0.2, -0.15) is 4.39 Å². The van der Waals surface area contributed by atoms with Crippen molar-refractivity contribution in [1.82, 2.24) is 0 Å². The zero-order valence-electron chi connectivity index (χ0n) is 8.72. The van der Waals surface area contributed by atoms with Crippen LogP contribution in [0.3, 0.4) is 0 Å². The van der Waals surface area contributed by atoms with Crippen molar-refractivity contribution in [3.8, 4) is 5.75 Å². The Kier molecular flexibility index (Phi) is 2.89. The third-order valence-corrected chi connectivity index (χ3v) is 3.08. The fourth-order valence-electron chi connectivity index (χ4n) is 2.31. The molecule has 0 saturated heterocycles. The van der Waals surface area contributed by atoms with Gasteiger partial charge < -0.3 is 4.74 Å². The van der Waals surface area contributed by atoms with E-state index < -0.39 is 11.6 Å². The molecule has 0 aliphatic heterocycles. The highest BCUT2D eigenvalue weighted by atomic mass is 19.2. The van der Waals surface area contributed by atoms with Crippen LogP contribution in [0.4, 0.5) is 8.78 Å². The summed E-state index contributed by atoms with van der Waals surface area (Å²) in [6.45, 7) is 0. The first-order valence-electron chi connectivity index (χ1n) is 5.26. The van der Waals surface area contributed by atoms with Crippen molar-refractivity contribution in [2.75, 3.05) is 7.11 Å². The molecule has 3 heteroatoms.